The van der Waals surface area contributed by atoms with E-state index < -0.39 is 17.5 Å². The van der Waals surface area contributed by atoms with E-state index in [4.69, 9.17) is 5.11 Å². The molecule has 2 rings (SSSR count). The average Bonchev–Trinajstić information content (AvgIpc) is 2.69. The summed E-state index contributed by atoms with van der Waals surface area (Å²) in [5, 5.41) is 21.9. The number of nitrogens with one attached hydrogen (secondary N) is 2. The van der Waals surface area contributed by atoms with Crippen molar-refractivity contribution in [2.75, 3.05) is 6.54 Å². The van der Waals surface area contributed by atoms with Crippen LogP contribution in [0.1, 0.15) is 25.1 Å². The fourth-order valence-electron chi connectivity index (χ4n) is 2.01. The van der Waals surface area contributed by atoms with Gasteiger partial charge in [-0.1, -0.05) is 0 Å². The first kappa shape index (κ1) is 13.3. The van der Waals surface area contributed by atoms with Crippen molar-refractivity contribution in [3.8, 4) is 0 Å². The molecule has 19 heavy (non-hydrogen) atoms. The molecule has 104 valence electrons. The minimum atomic E-state index is -1.07. The lowest BCUT2D eigenvalue weighted by Crippen LogP contribution is -2.61. The number of urea groups is 1. The summed E-state index contributed by atoms with van der Waals surface area (Å²) in [4.78, 5) is 22.7. The van der Waals surface area contributed by atoms with Gasteiger partial charge in [-0.3, -0.25) is 0 Å². The fourth-order valence-corrected chi connectivity index (χ4v) is 2.01. The molecule has 3 N–H and O–H groups in total. The topological polar surface area (TPSA) is 109 Å². The molecule has 1 aromatic rings. The van der Waals surface area contributed by atoms with Gasteiger partial charge in [-0.2, -0.15) is 0 Å². The lowest BCUT2D eigenvalue weighted by Gasteiger charge is -2.38. The maximum Gasteiger partial charge on any atom is 0.329 e. The third-order valence-corrected chi connectivity index (χ3v) is 3.41. The Morgan fingerprint density at radius 1 is 1.53 bits per heavy atom. The van der Waals surface area contributed by atoms with E-state index in [1.807, 2.05) is 7.05 Å². The molecule has 1 aliphatic carbocycles. The van der Waals surface area contributed by atoms with E-state index in [0.29, 0.717) is 25.8 Å². The molecule has 0 unspecified atom stereocenters. The predicted molar refractivity (Wildman–Crippen MR) is 65.5 cm³/mol. The van der Waals surface area contributed by atoms with Crippen LogP contribution >= 0.6 is 0 Å². The lowest BCUT2D eigenvalue weighted by molar-refractivity contribution is -0.148. The summed E-state index contributed by atoms with van der Waals surface area (Å²) in [6, 6.07) is -0.454. The number of rotatable bonds is 5. The van der Waals surface area contributed by atoms with Gasteiger partial charge in [-0.25, -0.2) is 9.59 Å². The van der Waals surface area contributed by atoms with Crippen LogP contribution in [0.5, 0.6) is 0 Å². The molecule has 0 radical (unpaired) electrons. The summed E-state index contributed by atoms with van der Waals surface area (Å²) >= 11 is 0. The molecule has 0 saturated heterocycles. The second-order valence-corrected chi connectivity index (χ2v) is 4.73. The largest absolute Gasteiger partial charge is 0.480 e. The highest BCUT2D eigenvalue weighted by Gasteiger charge is 2.45. The highest BCUT2D eigenvalue weighted by Crippen LogP contribution is 2.31. The first-order chi connectivity index (χ1) is 9.03. The maximum absolute atomic E-state index is 11.6. The van der Waals surface area contributed by atoms with E-state index in [1.54, 1.807) is 10.9 Å². The zero-order valence-electron chi connectivity index (χ0n) is 10.7. The van der Waals surface area contributed by atoms with Crippen LogP contribution in [0.2, 0.25) is 0 Å². The van der Waals surface area contributed by atoms with Gasteiger partial charge in [0.2, 0.25) is 0 Å². The molecule has 8 nitrogen and oxygen atoms in total. The molecule has 1 heterocycles. The molecule has 1 aliphatic rings. The van der Waals surface area contributed by atoms with E-state index in [-0.39, 0.29) is 0 Å². The number of carboxylic acids is 1. The zero-order chi connectivity index (χ0) is 13.9. The third-order valence-electron chi connectivity index (χ3n) is 3.41. The van der Waals surface area contributed by atoms with Crippen molar-refractivity contribution in [1.29, 1.82) is 0 Å². The van der Waals surface area contributed by atoms with Crippen LogP contribution in [-0.2, 0) is 18.3 Å². The summed E-state index contributed by atoms with van der Waals surface area (Å²) < 4.78 is 1.77. The zero-order valence-corrected chi connectivity index (χ0v) is 10.7. The second kappa shape index (κ2) is 5.25. The van der Waals surface area contributed by atoms with Crippen LogP contribution in [-0.4, -0.2) is 44.0 Å². The normalized spacial score (nSPS) is 16.5. The van der Waals surface area contributed by atoms with Gasteiger partial charge in [0.15, 0.2) is 0 Å². The van der Waals surface area contributed by atoms with Crippen LogP contribution in [0.3, 0.4) is 0 Å². The molecule has 1 aromatic heterocycles. The Kier molecular flexibility index (Phi) is 3.68. The van der Waals surface area contributed by atoms with Crippen LogP contribution in [0.25, 0.3) is 0 Å². The number of amides is 2. The Morgan fingerprint density at radius 2 is 2.26 bits per heavy atom. The first-order valence-corrected chi connectivity index (χ1v) is 6.16. The Hall–Kier alpha value is -2.12. The molecule has 8 heteroatoms. The Bertz CT molecular complexity index is 480. The quantitative estimate of drug-likeness (QED) is 0.676. The molecule has 1 saturated carbocycles. The van der Waals surface area contributed by atoms with E-state index in [9.17, 15) is 9.59 Å². The summed E-state index contributed by atoms with van der Waals surface area (Å²) in [5.74, 6) is -0.209. The van der Waals surface area contributed by atoms with Gasteiger partial charge < -0.3 is 20.3 Å². The van der Waals surface area contributed by atoms with Gasteiger partial charge in [-0.15, -0.1) is 10.2 Å². The predicted octanol–water partition coefficient (Wildman–Crippen LogP) is -0.336. The summed E-state index contributed by atoms with van der Waals surface area (Å²) in [6.07, 6.45) is 3.93. The maximum atomic E-state index is 11.6. The number of hydrogen-bond acceptors (Lipinski definition) is 4. The molecule has 0 aliphatic heterocycles. The van der Waals surface area contributed by atoms with Crippen molar-refractivity contribution in [2.24, 2.45) is 7.05 Å². The standard InChI is InChI=1S/C11H17N5O3/c1-16-7-13-15-8(16)3-6-12-10(19)14-11(9(17)18)4-2-5-11/h7H,2-6H2,1H3,(H,17,18)(H2,12,14,19). The number of aryl methyl sites for hydroxylation is 1. The van der Waals surface area contributed by atoms with Gasteiger partial charge in [0.05, 0.1) is 0 Å². The lowest BCUT2D eigenvalue weighted by atomic mass is 9.77. The molecule has 0 spiro atoms. The number of nitrogens with zero attached hydrogens (tertiary/aromatic N) is 3. The minimum absolute atomic E-state index is 0.383. The number of aliphatic carboxylic acids is 1. The van der Waals surface area contributed by atoms with Gasteiger partial charge >= 0.3 is 12.0 Å². The highest BCUT2D eigenvalue weighted by atomic mass is 16.4. The van der Waals surface area contributed by atoms with Crippen LogP contribution in [0.15, 0.2) is 6.33 Å². The molecule has 0 aromatic carbocycles. The number of carbonyl (C=O) groups excluding carboxylic acids is 1. The summed E-state index contributed by atoms with van der Waals surface area (Å²) in [6.45, 7) is 0.383. The second-order valence-electron chi connectivity index (χ2n) is 4.73. The van der Waals surface area contributed by atoms with Crippen molar-refractivity contribution in [3.05, 3.63) is 12.2 Å². The minimum Gasteiger partial charge on any atom is -0.480 e. The molecule has 0 bridgehead atoms. The van der Waals surface area contributed by atoms with Crippen molar-refractivity contribution < 1.29 is 14.7 Å². The monoisotopic (exact) mass is 267 g/mol. The highest BCUT2D eigenvalue weighted by molar-refractivity contribution is 5.87. The van der Waals surface area contributed by atoms with E-state index in [1.165, 1.54) is 0 Å². The van der Waals surface area contributed by atoms with Crippen LogP contribution in [0, 0.1) is 0 Å². The average molecular weight is 267 g/mol. The number of carbonyl (C=O) groups is 2. The molecule has 0 atom stereocenters. The number of aromatic nitrogens is 3. The number of carboxylic acid groups (broad SMARTS) is 1. The van der Waals surface area contributed by atoms with Crippen LogP contribution < -0.4 is 10.6 Å². The Labute approximate surface area is 110 Å². The van der Waals surface area contributed by atoms with Crippen molar-refractivity contribution in [1.82, 2.24) is 25.4 Å². The Morgan fingerprint density at radius 3 is 2.74 bits per heavy atom. The van der Waals surface area contributed by atoms with E-state index in [2.05, 4.69) is 20.8 Å². The number of hydrogen-bond donors (Lipinski definition) is 3. The first-order valence-electron chi connectivity index (χ1n) is 6.16. The van der Waals surface area contributed by atoms with Gasteiger partial charge in [0, 0.05) is 20.0 Å². The fraction of sp³-hybridized carbons (Fsp3) is 0.636. The SMILES string of the molecule is Cn1cnnc1CCNC(=O)NC1(C(=O)O)CCC1. The van der Waals surface area contributed by atoms with Crippen molar-refractivity contribution in [3.63, 3.8) is 0 Å². The molecule has 1 fully saturated rings. The van der Waals surface area contributed by atoms with Gasteiger partial charge in [-0.05, 0) is 19.3 Å². The van der Waals surface area contributed by atoms with Gasteiger partial charge in [0.25, 0.3) is 0 Å². The Balaban J connectivity index is 1.76. The van der Waals surface area contributed by atoms with E-state index in [0.717, 1.165) is 12.2 Å². The molecule has 2 amide bonds. The van der Waals surface area contributed by atoms with Gasteiger partial charge in [0.1, 0.15) is 17.7 Å². The molecular formula is C11H17N5O3. The summed E-state index contributed by atoms with van der Waals surface area (Å²) in [5.41, 5.74) is -1.07. The summed E-state index contributed by atoms with van der Waals surface area (Å²) in [7, 11) is 1.82. The van der Waals surface area contributed by atoms with Crippen molar-refractivity contribution in [2.45, 2.75) is 31.2 Å². The van der Waals surface area contributed by atoms with Crippen LogP contribution in [0.4, 0.5) is 4.79 Å². The van der Waals surface area contributed by atoms with E-state index >= 15 is 0 Å². The third kappa shape index (κ3) is 2.83. The molecular weight excluding hydrogens is 250 g/mol. The smallest absolute Gasteiger partial charge is 0.329 e. The van der Waals surface area contributed by atoms with Crippen molar-refractivity contribution >= 4 is 12.0 Å².